The highest BCUT2D eigenvalue weighted by Crippen LogP contribution is 2.18. The molecule has 1 amide bonds. The molecular formula is C15H20N2O5S. The van der Waals surface area contributed by atoms with Crippen LogP contribution < -0.4 is 0 Å². The summed E-state index contributed by atoms with van der Waals surface area (Å²) in [5.74, 6) is -1.08. The summed E-state index contributed by atoms with van der Waals surface area (Å²) in [5.41, 5.74) is 0.0412. The number of carbonyl (C=O) groups is 2. The fourth-order valence-corrected chi connectivity index (χ4v) is 4.00. The summed E-state index contributed by atoms with van der Waals surface area (Å²) in [7, 11) is -3.68. The smallest absolute Gasteiger partial charge is 0.335 e. The molecular weight excluding hydrogens is 320 g/mol. The molecule has 7 nitrogen and oxygen atoms in total. The predicted octanol–water partition coefficient (Wildman–Crippen LogP) is 1.02. The van der Waals surface area contributed by atoms with Gasteiger partial charge in [0.05, 0.1) is 10.5 Å². The molecule has 0 aromatic heterocycles. The maximum absolute atomic E-state index is 12.6. The van der Waals surface area contributed by atoms with E-state index >= 15 is 0 Å². The molecule has 0 unspecified atom stereocenters. The summed E-state index contributed by atoms with van der Waals surface area (Å²) >= 11 is 0. The van der Waals surface area contributed by atoms with Gasteiger partial charge in [0.2, 0.25) is 15.9 Å². The maximum atomic E-state index is 12.6. The summed E-state index contributed by atoms with van der Waals surface area (Å²) in [6.07, 6.45) is 0.988. The van der Waals surface area contributed by atoms with Gasteiger partial charge in [-0.3, -0.25) is 4.79 Å². The third-order valence-electron chi connectivity index (χ3n) is 3.85. The first-order valence-corrected chi connectivity index (χ1v) is 8.91. The topological polar surface area (TPSA) is 95.0 Å². The van der Waals surface area contributed by atoms with Gasteiger partial charge >= 0.3 is 5.97 Å². The molecule has 0 saturated carbocycles. The average Bonchev–Trinajstić information content (AvgIpc) is 2.80. The van der Waals surface area contributed by atoms with Crippen molar-refractivity contribution in [2.45, 2.75) is 24.7 Å². The number of rotatable bonds is 4. The zero-order valence-electron chi connectivity index (χ0n) is 12.9. The van der Waals surface area contributed by atoms with E-state index in [2.05, 4.69) is 0 Å². The number of carbonyl (C=O) groups excluding carboxylic acids is 1. The van der Waals surface area contributed by atoms with E-state index in [1.165, 1.54) is 28.6 Å². The van der Waals surface area contributed by atoms with E-state index in [1.54, 1.807) is 11.8 Å². The number of sulfonamides is 1. The van der Waals surface area contributed by atoms with Crippen LogP contribution in [0.4, 0.5) is 0 Å². The van der Waals surface area contributed by atoms with Crippen LogP contribution in [-0.4, -0.2) is 60.8 Å². The van der Waals surface area contributed by atoms with Gasteiger partial charge in [0.15, 0.2) is 0 Å². The van der Waals surface area contributed by atoms with E-state index in [0.717, 1.165) is 0 Å². The van der Waals surface area contributed by atoms with Crippen LogP contribution >= 0.6 is 0 Å². The standard InChI is InChI=1S/C15H20N2O5S/c1-2-14(18)16-8-3-9-17(11-10-16)23(21,22)13-6-4-12(5-7-13)15(19)20/h4-7H,2-3,8-11H2,1H3,(H,19,20). The van der Waals surface area contributed by atoms with E-state index < -0.39 is 16.0 Å². The highest BCUT2D eigenvalue weighted by Gasteiger charge is 2.27. The van der Waals surface area contributed by atoms with Crippen LogP contribution in [-0.2, 0) is 14.8 Å². The molecule has 1 saturated heterocycles. The molecule has 0 aliphatic carbocycles. The lowest BCUT2D eigenvalue weighted by atomic mass is 10.2. The van der Waals surface area contributed by atoms with Crippen LogP contribution in [0.15, 0.2) is 29.2 Å². The molecule has 1 aliphatic heterocycles. The Balaban J connectivity index is 2.16. The molecule has 8 heteroatoms. The minimum atomic E-state index is -3.68. The Morgan fingerprint density at radius 3 is 2.30 bits per heavy atom. The van der Waals surface area contributed by atoms with Crippen LogP contribution in [0.5, 0.6) is 0 Å². The molecule has 1 heterocycles. The van der Waals surface area contributed by atoms with Crippen molar-refractivity contribution in [3.8, 4) is 0 Å². The van der Waals surface area contributed by atoms with Gasteiger partial charge in [0, 0.05) is 32.6 Å². The molecule has 1 N–H and O–H groups in total. The molecule has 0 bridgehead atoms. The lowest BCUT2D eigenvalue weighted by Crippen LogP contribution is -2.37. The van der Waals surface area contributed by atoms with E-state index in [1.807, 2.05) is 0 Å². The number of benzene rings is 1. The van der Waals surface area contributed by atoms with Gasteiger partial charge in [-0.05, 0) is 30.7 Å². The molecule has 23 heavy (non-hydrogen) atoms. The average molecular weight is 340 g/mol. The molecule has 1 aromatic rings. The zero-order valence-corrected chi connectivity index (χ0v) is 13.8. The second kappa shape index (κ2) is 7.10. The van der Waals surface area contributed by atoms with Crippen LogP contribution in [0.3, 0.4) is 0 Å². The van der Waals surface area contributed by atoms with Crippen LogP contribution in [0.1, 0.15) is 30.1 Å². The number of aromatic carboxylic acids is 1. The first-order chi connectivity index (χ1) is 10.9. The molecule has 1 aliphatic rings. The lowest BCUT2D eigenvalue weighted by molar-refractivity contribution is -0.130. The van der Waals surface area contributed by atoms with Crippen molar-refractivity contribution in [1.82, 2.24) is 9.21 Å². The summed E-state index contributed by atoms with van der Waals surface area (Å²) in [5, 5.41) is 8.87. The van der Waals surface area contributed by atoms with Crippen molar-refractivity contribution < 1.29 is 23.1 Å². The number of amides is 1. The Labute approximate surface area is 135 Å². The fraction of sp³-hybridized carbons (Fsp3) is 0.467. The fourth-order valence-electron chi connectivity index (χ4n) is 2.53. The van der Waals surface area contributed by atoms with Crippen molar-refractivity contribution in [2.24, 2.45) is 0 Å². The SMILES string of the molecule is CCC(=O)N1CCCN(S(=O)(=O)c2ccc(C(=O)O)cc2)CC1. The highest BCUT2D eigenvalue weighted by molar-refractivity contribution is 7.89. The predicted molar refractivity (Wildman–Crippen MR) is 83.6 cm³/mol. The second-order valence-corrected chi connectivity index (χ2v) is 7.26. The third-order valence-corrected chi connectivity index (χ3v) is 5.76. The van der Waals surface area contributed by atoms with Gasteiger partial charge in [-0.25, -0.2) is 13.2 Å². The lowest BCUT2D eigenvalue weighted by Gasteiger charge is -2.21. The molecule has 1 aromatic carbocycles. The van der Waals surface area contributed by atoms with E-state index in [9.17, 15) is 18.0 Å². The van der Waals surface area contributed by atoms with Crippen molar-refractivity contribution >= 4 is 21.9 Å². The summed E-state index contributed by atoms with van der Waals surface area (Å²) in [6.45, 7) is 3.30. The van der Waals surface area contributed by atoms with Gasteiger partial charge in [-0.2, -0.15) is 4.31 Å². The normalized spacial score (nSPS) is 16.8. The Kier molecular flexibility index (Phi) is 5.38. The Hall–Kier alpha value is -1.93. The molecule has 1 fully saturated rings. The largest absolute Gasteiger partial charge is 0.478 e. The first kappa shape index (κ1) is 17.4. The molecule has 0 radical (unpaired) electrons. The van der Waals surface area contributed by atoms with E-state index in [0.29, 0.717) is 32.5 Å². The number of hydrogen-bond acceptors (Lipinski definition) is 4. The summed E-state index contributed by atoms with van der Waals surface area (Å²) in [4.78, 5) is 24.3. The van der Waals surface area contributed by atoms with Gasteiger partial charge < -0.3 is 10.0 Å². The summed E-state index contributed by atoms with van der Waals surface area (Å²) < 4.78 is 26.6. The van der Waals surface area contributed by atoms with Crippen molar-refractivity contribution in [3.05, 3.63) is 29.8 Å². The van der Waals surface area contributed by atoms with Crippen LogP contribution in [0, 0.1) is 0 Å². The monoisotopic (exact) mass is 340 g/mol. The number of carboxylic acid groups (broad SMARTS) is 1. The third kappa shape index (κ3) is 3.89. The van der Waals surface area contributed by atoms with Gasteiger partial charge in [0.25, 0.3) is 0 Å². The number of nitrogens with zero attached hydrogens (tertiary/aromatic N) is 2. The van der Waals surface area contributed by atoms with E-state index in [4.69, 9.17) is 5.11 Å². The van der Waals surface area contributed by atoms with Crippen LogP contribution in [0.2, 0.25) is 0 Å². The Morgan fingerprint density at radius 2 is 1.74 bits per heavy atom. The van der Waals surface area contributed by atoms with Crippen molar-refractivity contribution in [1.29, 1.82) is 0 Å². The Morgan fingerprint density at radius 1 is 1.09 bits per heavy atom. The maximum Gasteiger partial charge on any atom is 0.335 e. The quantitative estimate of drug-likeness (QED) is 0.883. The molecule has 0 spiro atoms. The van der Waals surface area contributed by atoms with Gasteiger partial charge in [-0.1, -0.05) is 6.92 Å². The molecule has 2 rings (SSSR count). The van der Waals surface area contributed by atoms with Crippen LogP contribution in [0.25, 0.3) is 0 Å². The van der Waals surface area contributed by atoms with E-state index in [-0.39, 0.29) is 22.9 Å². The number of carboxylic acids is 1. The molecule has 0 atom stereocenters. The first-order valence-electron chi connectivity index (χ1n) is 7.47. The minimum absolute atomic E-state index is 0.0232. The molecule has 126 valence electrons. The highest BCUT2D eigenvalue weighted by atomic mass is 32.2. The Bertz CT molecular complexity index is 684. The number of hydrogen-bond donors (Lipinski definition) is 1. The minimum Gasteiger partial charge on any atom is -0.478 e. The van der Waals surface area contributed by atoms with Gasteiger partial charge in [0.1, 0.15) is 0 Å². The van der Waals surface area contributed by atoms with Crippen molar-refractivity contribution in [3.63, 3.8) is 0 Å². The zero-order chi connectivity index (χ0) is 17.0. The summed E-state index contributed by atoms with van der Waals surface area (Å²) in [6, 6.07) is 5.16. The van der Waals surface area contributed by atoms with Crippen molar-refractivity contribution in [2.75, 3.05) is 26.2 Å². The second-order valence-electron chi connectivity index (χ2n) is 5.32. The van der Waals surface area contributed by atoms with Gasteiger partial charge in [-0.15, -0.1) is 0 Å².